The van der Waals surface area contributed by atoms with Crippen molar-refractivity contribution in [2.24, 2.45) is 0 Å². The van der Waals surface area contributed by atoms with Crippen LogP contribution in [0.25, 0.3) is 10.9 Å². The van der Waals surface area contributed by atoms with Gasteiger partial charge in [-0.1, -0.05) is 18.2 Å². The van der Waals surface area contributed by atoms with Crippen molar-refractivity contribution >= 4 is 23.5 Å². The molecule has 0 N–H and O–H groups in total. The highest BCUT2D eigenvalue weighted by Gasteiger charge is 1.99. The molecular formula is C10H9NS. The number of hydrogen-bond acceptors (Lipinski definition) is 2. The second-order valence-electron chi connectivity index (χ2n) is 2.79. The summed E-state index contributed by atoms with van der Waals surface area (Å²) in [5, 5.41) is 1.19. The fourth-order valence-corrected chi connectivity index (χ4v) is 1.45. The van der Waals surface area contributed by atoms with Gasteiger partial charge in [-0.05, 0) is 18.6 Å². The molecule has 1 nitrogen and oxygen atoms in total. The topological polar surface area (TPSA) is 12.9 Å². The summed E-state index contributed by atoms with van der Waals surface area (Å²) in [5.41, 5.74) is 2.23. The van der Waals surface area contributed by atoms with Crippen molar-refractivity contribution in [2.75, 3.05) is 0 Å². The van der Waals surface area contributed by atoms with Gasteiger partial charge in [-0.2, -0.15) is 0 Å². The number of para-hydroxylation sites is 1. The molecule has 0 amide bonds. The Bertz CT molecular complexity index is 423. The highest BCUT2D eigenvalue weighted by molar-refractivity contribution is 7.80. The van der Waals surface area contributed by atoms with E-state index in [0.29, 0.717) is 0 Å². The molecule has 2 rings (SSSR count). The van der Waals surface area contributed by atoms with E-state index in [1.165, 1.54) is 10.9 Å². The first kappa shape index (κ1) is 7.62. The Kier molecular flexibility index (Phi) is 1.77. The third kappa shape index (κ3) is 1.08. The molecule has 0 atom stereocenters. The molecule has 0 radical (unpaired) electrons. The average molecular weight is 175 g/mol. The van der Waals surface area contributed by atoms with Crippen molar-refractivity contribution in [2.45, 2.75) is 11.8 Å². The zero-order valence-corrected chi connectivity index (χ0v) is 7.68. The molecule has 0 spiro atoms. The molecular weight excluding hydrogens is 166 g/mol. The molecule has 1 aromatic heterocycles. The Labute approximate surface area is 76.9 Å². The number of rotatable bonds is 0. The Hall–Kier alpha value is -1.02. The lowest BCUT2D eigenvalue weighted by Gasteiger charge is -2.02. The van der Waals surface area contributed by atoms with Crippen LogP contribution in [0.5, 0.6) is 0 Å². The minimum atomic E-state index is 0.952. The molecule has 0 fully saturated rings. The largest absolute Gasteiger partial charge is 0.255 e. The van der Waals surface area contributed by atoms with Crippen LogP contribution < -0.4 is 0 Å². The zero-order chi connectivity index (χ0) is 8.55. The monoisotopic (exact) mass is 175 g/mol. The van der Waals surface area contributed by atoms with E-state index in [1.54, 1.807) is 6.20 Å². The Balaban J connectivity index is 2.91. The van der Waals surface area contributed by atoms with Crippen molar-refractivity contribution in [3.8, 4) is 0 Å². The molecule has 0 saturated heterocycles. The molecule has 0 bridgehead atoms. The number of fused-ring (bicyclic) bond motifs is 1. The summed E-state index contributed by atoms with van der Waals surface area (Å²) in [7, 11) is 0. The summed E-state index contributed by atoms with van der Waals surface area (Å²) in [5.74, 6) is 0. The smallest absolute Gasteiger partial charge is 0.0705 e. The van der Waals surface area contributed by atoms with Gasteiger partial charge in [-0.15, -0.1) is 12.6 Å². The van der Waals surface area contributed by atoms with E-state index in [9.17, 15) is 0 Å². The van der Waals surface area contributed by atoms with E-state index >= 15 is 0 Å². The predicted molar refractivity (Wildman–Crippen MR) is 53.7 cm³/mol. The minimum absolute atomic E-state index is 0.952. The quantitative estimate of drug-likeness (QED) is 0.607. The van der Waals surface area contributed by atoms with Crippen LogP contribution in [-0.2, 0) is 0 Å². The number of pyridine rings is 1. The predicted octanol–water partition coefficient (Wildman–Crippen LogP) is 2.83. The highest BCUT2D eigenvalue weighted by Crippen LogP contribution is 2.21. The highest BCUT2D eigenvalue weighted by atomic mass is 32.1. The van der Waals surface area contributed by atoms with Gasteiger partial charge in [0.1, 0.15) is 0 Å². The number of benzene rings is 1. The molecule has 1 heterocycles. The van der Waals surface area contributed by atoms with Gasteiger partial charge in [0.2, 0.25) is 0 Å². The van der Waals surface area contributed by atoms with Crippen molar-refractivity contribution in [1.29, 1.82) is 0 Å². The number of thiol groups is 1. The Morgan fingerprint density at radius 1 is 1.25 bits per heavy atom. The second-order valence-corrected chi connectivity index (χ2v) is 3.27. The number of hydrogen-bond donors (Lipinski definition) is 1. The third-order valence-corrected chi connectivity index (χ3v) is 2.47. The molecule has 1 aromatic carbocycles. The van der Waals surface area contributed by atoms with Gasteiger partial charge < -0.3 is 0 Å². The lowest BCUT2D eigenvalue weighted by atomic mass is 10.1. The average Bonchev–Trinajstić information content (AvgIpc) is 2.12. The van der Waals surface area contributed by atoms with Crippen molar-refractivity contribution in [3.05, 3.63) is 36.0 Å². The van der Waals surface area contributed by atoms with Crippen molar-refractivity contribution < 1.29 is 0 Å². The number of aryl methyl sites for hydroxylation is 1. The zero-order valence-electron chi connectivity index (χ0n) is 6.78. The summed E-state index contributed by atoms with van der Waals surface area (Å²) < 4.78 is 0. The molecule has 0 aliphatic carbocycles. The molecule has 0 unspecified atom stereocenters. The fraction of sp³-hybridized carbons (Fsp3) is 0.100. The van der Waals surface area contributed by atoms with Crippen LogP contribution in [0.4, 0.5) is 0 Å². The van der Waals surface area contributed by atoms with Gasteiger partial charge >= 0.3 is 0 Å². The fourth-order valence-electron chi connectivity index (χ4n) is 1.27. The van der Waals surface area contributed by atoms with E-state index in [0.717, 1.165) is 10.4 Å². The Morgan fingerprint density at radius 3 is 2.83 bits per heavy atom. The summed E-state index contributed by atoms with van der Waals surface area (Å²) >= 11 is 4.31. The third-order valence-electron chi connectivity index (χ3n) is 2.02. The maximum absolute atomic E-state index is 4.31. The van der Waals surface area contributed by atoms with Gasteiger partial charge in [-0.25, -0.2) is 0 Å². The Morgan fingerprint density at radius 2 is 2.00 bits per heavy atom. The van der Waals surface area contributed by atoms with Gasteiger partial charge in [0.25, 0.3) is 0 Å². The van der Waals surface area contributed by atoms with Crippen LogP contribution >= 0.6 is 12.6 Å². The standard InChI is InChI=1S/C10H9NS/c1-7-8-4-2-3-5-9(8)11-6-10(7)12/h2-6,12H,1H3. The molecule has 0 aliphatic rings. The first-order valence-corrected chi connectivity index (χ1v) is 4.27. The molecule has 2 aromatic rings. The van der Waals surface area contributed by atoms with E-state index in [1.807, 2.05) is 18.2 Å². The number of aromatic nitrogens is 1. The van der Waals surface area contributed by atoms with Crippen LogP contribution in [0.15, 0.2) is 35.4 Å². The summed E-state index contributed by atoms with van der Waals surface area (Å²) in [6.07, 6.45) is 1.79. The van der Waals surface area contributed by atoms with E-state index in [2.05, 4.69) is 30.6 Å². The lowest BCUT2D eigenvalue weighted by Crippen LogP contribution is -1.83. The molecule has 60 valence electrons. The molecule has 0 saturated carbocycles. The molecule has 0 aliphatic heterocycles. The summed E-state index contributed by atoms with van der Waals surface area (Å²) in [6.45, 7) is 2.06. The number of nitrogens with zero attached hydrogens (tertiary/aromatic N) is 1. The first-order valence-electron chi connectivity index (χ1n) is 3.82. The van der Waals surface area contributed by atoms with Crippen LogP contribution in [0.2, 0.25) is 0 Å². The van der Waals surface area contributed by atoms with Gasteiger partial charge in [0, 0.05) is 16.5 Å². The second kappa shape index (κ2) is 2.79. The van der Waals surface area contributed by atoms with E-state index in [4.69, 9.17) is 0 Å². The van der Waals surface area contributed by atoms with Crippen molar-refractivity contribution in [1.82, 2.24) is 4.98 Å². The maximum Gasteiger partial charge on any atom is 0.0705 e. The van der Waals surface area contributed by atoms with E-state index < -0.39 is 0 Å². The lowest BCUT2D eigenvalue weighted by molar-refractivity contribution is 1.24. The normalized spacial score (nSPS) is 10.5. The van der Waals surface area contributed by atoms with Gasteiger partial charge in [0.15, 0.2) is 0 Å². The van der Waals surface area contributed by atoms with Crippen LogP contribution in [-0.4, -0.2) is 4.98 Å². The van der Waals surface area contributed by atoms with E-state index in [-0.39, 0.29) is 0 Å². The SMILES string of the molecule is Cc1c(S)cnc2ccccc12. The molecule has 2 heteroatoms. The van der Waals surface area contributed by atoms with Gasteiger partial charge in [-0.3, -0.25) is 4.98 Å². The maximum atomic E-state index is 4.31. The van der Waals surface area contributed by atoms with Crippen LogP contribution in [0, 0.1) is 6.92 Å². The van der Waals surface area contributed by atoms with Crippen molar-refractivity contribution in [3.63, 3.8) is 0 Å². The summed E-state index contributed by atoms with van der Waals surface area (Å²) in [4.78, 5) is 5.22. The van der Waals surface area contributed by atoms with Gasteiger partial charge in [0.05, 0.1) is 5.52 Å². The van der Waals surface area contributed by atoms with Crippen LogP contribution in [0.3, 0.4) is 0 Å². The van der Waals surface area contributed by atoms with Crippen LogP contribution in [0.1, 0.15) is 5.56 Å². The molecule has 12 heavy (non-hydrogen) atoms. The first-order chi connectivity index (χ1) is 5.79. The summed E-state index contributed by atoms with van der Waals surface area (Å²) in [6, 6.07) is 8.09. The minimum Gasteiger partial charge on any atom is -0.255 e.